The molecule has 5 aliphatic rings. The van der Waals surface area contributed by atoms with E-state index < -0.39 is 0 Å². The SMILES string of the molecule is C[n+]1ccc[n+]2c1-c1ccnn1C2.C[n+]1ccc[n+]2c1-c1cnc(-c3ccccc3)n1C2.C[n+]1ccc[n+]2c1-c1cncn1C2.C[n+]1ccc[n+]2c1-c1ncc(-c3ccccc3)n1C2.C[n+]1ccc[n+]2c1-c1nccn1C2. The minimum atomic E-state index is 0.823. The smallest absolute Gasteiger partial charge is 0.263 e. The Morgan fingerprint density at radius 2 is 0.844 bits per heavy atom. The average molecular weight is 1020 g/mol. The second-order valence-corrected chi connectivity index (χ2v) is 19.4. The molecule has 20 heteroatoms. The Labute approximate surface area is 443 Å². The van der Waals surface area contributed by atoms with E-state index in [0.717, 1.165) is 68.0 Å². The summed E-state index contributed by atoms with van der Waals surface area (Å²) in [6, 6.07) is 33.0. The van der Waals surface area contributed by atoms with E-state index in [4.69, 9.17) is 0 Å². The largest absolute Gasteiger partial charge is 0.489 e. The van der Waals surface area contributed by atoms with E-state index in [9.17, 15) is 0 Å². The van der Waals surface area contributed by atoms with Crippen LogP contribution >= 0.6 is 0 Å². The normalized spacial score (nSPS) is 12.5. The molecule has 0 fully saturated rings. The van der Waals surface area contributed by atoms with Gasteiger partial charge in [0.1, 0.15) is 47.4 Å². The van der Waals surface area contributed by atoms with Crippen molar-refractivity contribution in [2.45, 2.75) is 33.3 Å². The molecule has 10 aromatic heterocycles. The van der Waals surface area contributed by atoms with Gasteiger partial charge in [-0.25, -0.2) is 19.9 Å². The molecule has 0 atom stereocenters. The third-order valence-corrected chi connectivity index (χ3v) is 14.4. The number of aryl methyl sites for hydroxylation is 5. The van der Waals surface area contributed by atoms with E-state index in [-0.39, 0.29) is 0 Å². The van der Waals surface area contributed by atoms with Gasteiger partial charge in [-0.05, 0) is 11.6 Å². The monoisotopic (exact) mass is 1020 g/mol. The lowest BCUT2D eigenvalue weighted by Crippen LogP contribution is -2.45. The van der Waals surface area contributed by atoms with Crippen LogP contribution in [0.2, 0.25) is 0 Å². The Kier molecular flexibility index (Phi) is 11.7. The van der Waals surface area contributed by atoms with E-state index in [1.54, 1.807) is 0 Å². The van der Waals surface area contributed by atoms with Gasteiger partial charge in [-0.15, -0.1) is 45.7 Å². The zero-order valence-electron chi connectivity index (χ0n) is 43.5. The van der Waals surface area contributed by atoms with Crippen molar-refractivity contribution in [1.29, 1.82) is 0 Å². The van der Waals surface area contributed by atoms with Crippen molar-refractivity contribution in [3.05, 3.63) is 203 Å². The van der Waals surface area contributed by atoms with Crippen molar-refractivity contribution >= 4 is 0 Å². The third kappa shape index (κ3) is 8.31. The minimum absolute atomic E-state index is 0.823. The van der Waals surface area contributed by atoms with Gasteiger partial charge in [0.25, 0.3) is 11.6 Å². The fraction of sp³-hybridized carbons (Fsp3) is 0.175. The summed E-state index contributed by atoms with van der Waals surface area (Å²) in [4.78, 5) is 17.6. The summed E-state index contributed by atoms with van der Waals surface area (Å²) < 4.78 is 32.4. The van der Waals surface area contributed by atoms with Gasteiger partial charge in [-0.1, -0.05) is 60.7 Å². The number of imidazole rings is 4. The molecule has 376 valence electrons. The predicted molar refractivity (Wildman–Crippen MR) is 273 cm³/mol. The summed E-state index contributed by atoms with van der Waals surface area (Å²) >= 11 is 0. The van der Waals surface area contributed by atoms with Crippen molar-refractivity contribution in [1.82, 2.24) is 48.0 Å². The molecule has 0 unspecified atom stereocenters. The van der Waals surface area contributed by atoms with Crippen LogP contribution in [0.5, 0.6) is 0 Å². The van der Waals surface area contributed by atoms with Crippen LogP contribution in [0.3, 0.4) is 0 Å². The Balaban J connectivity index is 0.0000000929. The number of benzene rings is 2. The molecular formula is C57H58N20+10. The topological polar surface area (TPSA) is 128 Å². The Morgan fingerprint density at radius 1 is 0.364 bits per heavy atom. The molecule has 0 radical (unpaired) electrons. The number of nitrogens with zero attached hydrogens (tertiary/aromatic N) is 20. The van der Waals surface area contributed by atoms with Gasteiger partial charge in [0.05, 0.1) is 60.8 Å². The first-order valence-corrected chi connectivity index (χ1v) is 25.4. The van der Waals surface area contributed by atoms with Gasteiger partial charge in [0.15, 0.2) is 62.0 Å². The maximum absolute atomic E-state index is 4.60. The molecule has 20 nitrogen and oxygen atoms in total. The van der Waals surface area contributed by atoms with E-state index in [1.807, 2.05) is 110 Å². The second-order valence-electron chi connectivity index (χ2n) is 19.4. The van der Waals surface area contributed by atoms with Crippen LogP contribution in [0.1, 0.15) is 0 Å². The number of rotatable bonds is 2. The van der Waals surface area contributed by atoms with Gasteiger partial charge < -0.3 is 0 Å². The van der Waals surface area contributed by atoms with E-state index >= 15 is 0 Å². The molecule has 77 heavy (non-hydrogen) atoms. The van der Waals surface area contributed by atoms with Gasteiger partial charge in [0, 0.05) is 18.0 Å². The molecule has 0 N–H and O–H groups in total. The molecule has 0 saturated heterocycles. The average Bonchev–Trinajstić information content (AvgIpc) is 4.30. The Hall–Kier alpha value is -10.1. The molecule has 0 amide bonds. The van der Waals surface area contributed by atoms with E-state index in [2.05, 4.69) is 221 Å². The first-order valence-electron chi connectivity index (χ1n) is 25.4. The highest BCUT2D eigenvalue weighted by molar-refractivity contribution is 5.63. The third-order valence-electron chi connectivity index (χ3n) is 14.4. The Morgan fingerprint density at radius 3 is 1.49 bits per heavy atom. The summed E-state index contributed by atoms with van der Waals surface area (Å²) in [5.41, 5.74) is 7.06. The van der Waals surface area contributed by atoms with E-state index in [1.165, 1.54) is 45.8 Å². The van der Waals surface area contributed by atoms with Crippen molar-refractivity contribution in [2.75, 3.05) is 0 Å². The number of hydrogen-bond donors (Lipinski definition) is 0. The molecular weight excluding hydrogens is 965 g/mol. The molecule has 0 saturated carbocycles. The highest BCUT2D eigenvalue weighted by Gasteiger charge is 2.40. The second kappa shape index (κ2) is 19.3. The maximum atomic E-state index is 4.60. The van der Waals surface area contributed by atoms with Crippen molar-refractivity contribution < 1.29 is 45.7 Å². The zero-order chi connectivity index (χ0) is 52.1. The summed E-state index contributed by atoms with van der Waals surface area (Å²) in [5, 5.41) is 4.24. The minimum Gasteiger partial charge on any atom is -0.263 e. The lowest BCUT2D eigenvalue weighted by atomic mass is 10.2. The first-order chi connectivity index (χ1) is 37.8. The van der Waals surface area contributed by atoms with Crippen LogP contribution in [-0.4, -0.2) is 48.0 Å². The molecule has 0 spiro atoms. The summed E-state index contributed by atoms with van der Waals surface area (Å²) in [5.74, 6) is 9.01. The quantitative estimate of drug-likeness (QED) is 0.237. The van der Waals surface area contributed by atoms with E-state index in [0.29, 0.717) is 0 Å². The highest BCUT2D eigenvalue weighted by Crippen LogP contribution is 2.27. The van der Waals surface area contributed by atoms with Gasteiger partial charge in [-0.2, -0.15) is 9.78 Å². The summed E-state index contributed by atoms with van der Waals surface area (Å²) in [7, 11) is 10.3. The lowest BCUT2D eigenvalue weighted by molar-refractivity contribution is -0.793. The predicted octanol–water partition coefficient (Wildman–Crippen LogP) is 0.741. The van der Waals surface area contributed by atoms with Crippen molar-refractivity contribution in [3.8, 4) is 80.5 Å². The number of hydrogen-bond acceptors (Lipinski definition) is 5. The van der Waals surface area contributed by atoms with Crippen LogP contribution in [0.25, 0.3) is 80.5 Å². The van der Waals surface area contributed by atoms with Crippen LogP contribution in [0.15, 0.2) is 203 Å². The fourth-order valence-electron chi connectivity index (χ4n) is 10.9. The zero-order valence-corrected chi connectivity index (χ0v) is 43.5. The first kappa shape index (κ1) is 46.7. The number of fused-ring (bicyclic) bond motifs is 15. The lowest BCUT2D eigenvalue weighted by Gasteiger charge is -2.00. The van der Waals surface area contributed by atoms with Crippen LogP contribution < -0.4 is 45.7 Å². The standard InChI is InChI=1S/2C15H14N4.3C9H10N4/c1-17-8-5-9-18-11-19-13(15(17)18)10-16-14(19)12-6-3-2-4-7-12;1-17-8-5-9-18-11-19-13(10-16-14(19)15(17)18)12-6-3-2-4-7-12;1-11-5-2-6-12-7-13-8(9(11)12)3-4-10-13;1-11-4-2-5-13-7-12-6-3-10-8(12)9(11)13;1-11-3-2-4-12-7-13-6-10-5-8(13)9(11)12/h2*2-10H,11H2,1H3;3*2-6H,7H2,1H3/q5*+2. The maximum Gasteiger partial charge on any atom is 0.489 e. The Bertz CT molecular complexity index is 3820. The number of aromatic nitrogens is 20. The molecule has 0 bridgehead atoms. The van der Waals surface area contributed by atoms with Crippen LogP contribution in [0.4, 0.5) is 0 Å². The van der Waals surface area contributed by atoms with Gasteiger partial charge in [-0.3, -0.25) is 18.3 Å². The molecule has 17 rings (SSSR count). The van der Waals surface area contributed by atoms with Crippen molar-refractivity contribution in [3.63, 3.8) is 0 Å². The van der Waals surface area contributed by atoms with Crippen molar-refractivity contribution in [2.24, 2.45) is 35.2 Å². The highest BCUT2D eigenvalue weighted by atomic mass is 15.4. The molecule has 2 aromatic carbocycles. The van der Waals surface area contributed by atoms with Gasteiger partial charge in [0.2, 0.25) is 50.4 Å². The molecule has 12 aromatic rings. The molecule has 15 heterocycles. The molecule has 0 aliphatic carbocycles. The van der Waals surface area contributed by atoms with Crippen LogP contribution in [0, 0.1) is 0 Å². The van der Waals surface area contributed by atoms with Crippen LogP contribution in [-0.2, 0) is 68.6 Å². The fourth-order valence-corrected chi connectivity index (χ4v) is 10.9. The summed E-state index contributed by atoms with van der Waals surface area (Å²) in [6.45, 7) is 4.22. The van der Waals surface area contributed by atoms with Gasteiger partial charge >= 0.3 is 29.1 Å². The summed E-state index contributed by atoms with van der Waals surface area (Å²) in [6.07, 6.45) is 34.1. The molecule has 5 aliphatic heterocycles.